The van der Waals surface area contributed by atoms with Gasteiger partial charge in [-0.25, -0.2) is 0 Å². The van der Waals surface area contributed by atoms with Crippen LogP contribution in [0.4, 0.5) is 0 Å². The summed E-state index contributed by atoms with van der Waals surface area (Å²) < 4.78 is 0. The summed E-state index contributed by atoms with van der Waals surface area (Å²) >= 11 is 1.95. The minimum Gasteiger partial charge on any atom is -0.393 e. The molecular formula is C28H47NO3S. The molecule has 0 aromatic heterocycles. The van der Waals surface area contributed by atoms with Crippen molar-refractivity contribution in [2.24, 2.45) is 46.3 Å². The van der Waals surface area contributed by atoms with E-state index in [9.17, 15) is 15.0 Å². The topological polar surface area (TPSA) is 60.8 Å². The fraction of sp³-hybridized carbons (Fsp3) is 0.964. The maximum Gasteiger partial charge on any atom is 0.222 e. The number of nitrogens with zero attached hydrogens (tertiary/aromatic N) is 1. The van der Waals surface area contributed by atoms with Crippen molar-refractivity contribution in [3.8, 4) is 0 Å². The van der Waals surface area contributed by atoms with Gasteiger partial charge in [-0.1, -0.05) is 20.8 Å². The van der Waals surface area contributed by atoms with Gasteiger partial charge in [-0.3, -0.25) is 4.79 Å². The average Bonchev–Trinajstić information content (AvgIpc) is 3.18. The van der Waals surface area contributed by atoms with E-state index in [1.807, 2.05) is 11.8 Å². The second kappa shape index (κ2) is 9.32. The van der Waals surface area contributed by atoms with E-state index in [0.29, 0.717) is 47.3 Å². The minimum atomic E-state index is -0.226. The second-order valence-electron chi connectivity index (χ2n) is 12.9. The number of thioether (sulfide) groups is 1. The molecule has 0 spiro atoms. The summed E-state index contributed by atoms with van der Waals surface area (Å²) in [6.07, 6.45) is 10.3. The number of fused-ring (bicyclic) bond motifs is 5. The highest BCUT2D eigenvalue weighted by Gasteiger charge is 2.63. The van der Waals surface area contributed by atoms with Crippen molar-refractivity contribution >= 4 is 17.7 Å². The number of aliphatic hydroxyl groups excluding tert-OH is 2. The third-order valence-corrected chi connectivity index (χ3v) is 12.6. The number of carbonyl (C=O) groups is 1. The predicted octanol–water partition coefficient (Wildman–Crippen LogP) is 4.97. The molecule has 2 N–H and O–H groups in total. The Bertz CT molecular complexity index is 726. The highest BCUT2D eigenvalue weighted by Crippen LogP contribution is 2.68. The summed E-state index contributed by atoms with van der Waals surface area (Å²) in [5.74, 6) is 6.13. The van der Waals surface area contributed by atoms with Crippen LogP contribution in [0, 0.1) is 46.3 Å². The predicted molar refractivity (Wildman–Crippen MR) is 135 cm³/mol. The van der Waals surface area contributed by atoms with Gasteiger partial charge in [0.25, 0.3) is 0 Å². The summed E-state index contributed by atoms with van der Waals surface area (Å²) in [5.41, 5.74) is 0.302. The molecule has 4 saturated carbocycles. The first-order chi connectivity index (χ1) is 15.7. The van der Waals surface area contributed by atoms with E-state index >= 15 is 0 Å². The van der Waals surface area contributed by atoms with Gasteiger partial charge in [0.1, 0.15) is 0 Å². The lowest BCUT2D eigenvalue weighted by atomic mass is 9.43. The average molecular weight is 478 g/mol. The highest BCUT2D eigenvalue weighted by atomic mass is 32.2. The lowest BCUT2D eigenvalue weighted by Crippen LogP contribution is -2.58. The van der Waals surface area contributed by atoms with E-state index in [4.69, 9.17) is 0 Å². The largest absolute Gasteiger partial charge is 0.393 e. The van der Waals surface area contributed by atoms with Gasteiger partial charge in [0.05, 0.1) is 12.2 Å². The Hall–Kier alpha value is -0.260. The maximum absolute atomic E-state index is 12.8. The van der Waals surface area contributed by atoms with Gasteiger partial charge in [0, 0.05) is 31.0 Å². The summed E-state index contributed by atoms with van der Waals surface area (Å²) in [6.45, 7) is 9.10. The molecule has 5 rings (SSSR count). The number of rotatable bonds is 4. The van der Waals surface area contributed by atoms with Gasteiger partial charge in [0.2, 0.25) is 5.91 Å². The van der Waals surface area contributed by atoms with E-state index in [0.717, 1.165) is 62.6 Å². The Morgan fingerprint density at radius 2 is 1.79 bits per heavy atom. The van der Waals surface area contributed by atoms with Gasteiger partial charge < -0.3 is 15.1 Å². The van der Waals surface area contributed by atoms with E-state index < -0.39 is 0 Å². The van der Waals surface area contributed by atoms with Crippen LogP contribution in [0.15, 0.2) is 0 Å². The molecule has 1 saturated heterocycles. The Kier molecular flexibility index (Phi) is 6.90. The first-order valence-electron chi connectivity index (χ1n) is 14.0. The monoisotopic (exact) mass is 477 g/mol. The van der Waals surface area contributed by atoms with Crippen molar-refractivity contribution < 1.29 is 15.0 Å². The first-order valence-corrected chi connectivity index (χ1v) is 15.1. The molecule has 5 heteroatoms. The summed E-state index contributed by atoms with van der Waals surface area (Å²) in [5, 5.41) is 22.0. The van der Waals surface area contributed by atoms with Crippen LogP contribution in [0.1, 0.15) is 85.0 Å². The molecule has 4 aliphatic carbocycles. The fourth-order valence-corrected chi connectivity index (χ4v) is 10.6. The molecule has 1 heterocycles. The van der Waals surface area contributed by atoms with Crippen LogP contribution in [0.25, 0.3) is 0 Å². The third kappa shape index (κ3) is 4.10. The van der Waals surface area contributed by atoms with E-state index in [1.165, 1.54) is 25.7 Å². The van der Waals surface area contributed by atoms with Crippen LogP contribution in [0.3, 0.4) is 0 Å². The second-order valence-corrected chi connectivity index (χ2v) is 14.1. The van der Waals surface area contributed by atoms with E-state index in [2.05, 4.69) is 25.7 Å². The molecule has 10 unspecified atom stereocenters. The van der Waals surface area contributed by atoms with Crippen molar-refractivity contribution in [1.82, 2.24) is 4.90 Å². The lowest BCUT2D eigenvalue weighted by molar-refractivity contribution is -0.175. The van der Waals surface area contributed by atoms with Crippen molar-refractivity contribution in [2.45, 2.75) is 97.2 Å². The fourth-order valence-electron chi connectivity index (χ4n) is 9.68. The molecule has 5 fully saturated rings. The molecule has 188 valence electrons. The third-order valence-electron chi connectivity index (χ3n) is 11.7. The van der Waals surface area contributed by atoms with Gasteiger partial charge in [-0.2, -0.15) is 11.8 Å². The smallest absolute Gasteiger partial charge is 0.222 e. The van der Waals surface area contributed by atoms with Crippen LogP contribution in [0.5, 0.6) is 0 Å². The summed E-state index contributed by atoms with van der Waals surface area (Å²) in [6, 6.07) is 0. The molecular weight excluding hydrogens is 430 g/mol. The van der Waals surface area contributed by atoms with Crippen LogP contribution in [-0.2, 0) is 4.79 Å². The zero-order chi connectivity index (χ0) is 23.4. The number of aliphatic hydroxyl groups is 2. The molecule has 1 aliphatic heterocycles. The number of amides is 1. The molecule has 5 aliphatic rings. The Morgan fingerprint density at radius 1 is 1.03 bits per heavy atom. The summed E-state index contributed by atoms with van der Waals surface area (Å²) in [7, 11) is 0. The molecule has 0 bridgehead atoms. The number of hydrogen-bond donors (Lipinski definition) is 2. The van der Waals surface area contributed by atoms with E-state index in [1.54, 1.807) is 0 Å². The van der Waals surface area contributed by atoms with Gasteiger partial charge in [-0.05, 0) is 104 Å². The van der Waals surface area contributed by atoms with E-state index in [-0.39, 0.29) is 17.6 Å². The Labute approximate surface area is 205 Å². The van der Waals surface area contributed by atoms with Crippen LogP contribution in [0.2, 0.25) is 0 Å². The molecule has 0 aromatic carbocycles. The lowest BCUT2D eigenvalue weighted by Gasteiger charge is -2.62. The minimum absolute atomic E-state index is 0.00275. The molecule has 0 aromatic rings. The molecule has 0 radical (unpaired) electrons. The van der Waals surface area contributed by atoms with Crippen molar-refractivity contribution in [3.05, 3.63) is 0 Å². The SMILES string of the molecule is CC(CCC(=O)N1CCSCC1)C1CCC2C3CCC4CC(O)CCC4(C)C3CC(O)C12C. The number of carbonyl (C=O) groups excluding carboxylic acids is 1. The van der Waals surface area contributed by atoms with Crippen molar-refractivity contribution in [2.75, 3.05) is 24.6 Å². The highest BCUT2D eigenvalue weighted by molar-refractivity contribution is 7.99. The maximum atomic E-state index is 12.8. The first kappa shape index (κ1) is 24.4. The van der Waals surface area contributed by atoms with Crippen LogP contribution >= 0.6 is 11.8 Å². The molecule has 4 nitrogen and oxygen atoms in total. The molecule has 33 heavy (non-hydrogen) atoms. The zero-order valence-electron chi connectivity index (χ0n) is 21.2. The quantitative estimate of drug-likeness (QED) is 0.600. The molecule has 1 amide bonds. The van der Waals surface area contributed by atoms with Gasteiger partial charge in [0.15, 0.2) is 0 Å². The Balaban J connectivity index is 1.27. The molecule has 10 atom stereocenters. The normalized spacial score (nSPS) is 48.5. The van der Waals surface area contributed by atoms with Gasteiger partial charge in [-0.15, -0.1) is 0 Å². The van der Waals surface area contributed by atoms with Crippen molar-refractivity contribution in [3.63, 3.8) is 0 Å². The zero-order valence-corrected chi connectivity index (χ0v) is 22.0. The van der Waals surface area contributed by atoms with Crippen molar-refractivity contribution in [1.29, 1.82) is 0 Å². The summed E-state index contributed by atoms with van der Waals surface area (Å²) in [4.78, 5) is 14.8. The van der Waals surface area contributed by atoms with Gasteiger partial charge >= 0.3 is 0 Å². The Morgan fingerprint density at radius 3 is 2.55 bits per heavy atom. The standard InChI is InChI=1S/C28H47NO3S/c1-18(4-9-26(32)29-12-14-33-15-13-29)22-7-8-23-21-6-5-19-16-20(30)10-11-27(19,2)24(21)17-25(31)28(22,23)3/h18-25,30-31H,4-17H2,1-3H3. The number of hydrogen-bond acceptors (Lipinski definition) is 4. The van der Waals surface area contributed by atoms with Crippen LogP contribution < -0.4 is 0 Å². The van der Waals surface area contributed by atoms with Crippen LogP contribution in [-0.4, -0.2) is 57.8 Å².